The highest BCUT2D eigenvalue weighted by molar-refractivity contribution is 8.06. The molecule has 1 nitrogen and oxygen atoms in total. The largest absolute Gasteiger partial charge is 0.371 e. The number of hydrogen-bond donors (Lipinski definition) is 0. The molecule has 0 saturated carbocycles. The Kier molecular flexibility index (Phi) is 9.96. The second kappa shape index (κ2) is 12.2. The average Bonchev–Trinajstić information content (AvgIpc) is 2.68. The summed E-state index contributed by atoms with van der Waals surface area (Å²) in [6.07, 6.45) is 28.1. The number of likely N-dealkylation sites (N-methyl/N-ethyl adjacent to an activating group) is 1. The van der Waals surface area contributed by atoms with E-state index in [1.165, 1.54) is 15.4 Å². The van der Waals surface area contributed by atoms with E-state index in [-0.39, 0.29) is 5.41 Å². The topological polar surface area (TPSA) is 3.24 Å². The van der Waals surface area contributed by atoms with Crippen molar-refractivity contribution in [3.05, 3.63) is 94.5 Å². The Bertz CT molecular complexity index is 823. The number of nitrogens with zero attached hydrogens (tertiary/aromatic N) is 1. The smallest absolute Gasteiger partial charge is 0.0391 e. The third-order valence-corrected chi connectivity index (χ3v) is 7.06. The molecule has 0 N–H and O–H groups in total. The van der Waals surface area contributed by atoms with Crippen molar-refractivity contribution in [3.63, 3.8) is 0 Å². The summed E-state index contributed by atoms with van der Waals surface area (Å²) < 4.78 is 0. The monoisotopic (exact) mass is 435 g/mol. The lowest BCUT2D eigenvalue weighted by atomic mass is 9.82. The van der Waals surface area contributed by atoms with Crippen molar-refractivity contribution >= 4 is 11.8 Å². The van der Waals surface area contributed by atoms with Crippen molar-refractivity contribution in [3.8, 4) is 0 Å². The number of hydrogen-bond acceptors (Lipinski definition) is 2. The van der Waals surface area contributed by atoms with Crippen LogP contribution in [0.15, 0.2) is 94.5 Å². The molecule has 2 atom stereocenters. The normalized spacial score (nSPS) is 27.9. The summed E-state index contributed by atoms with van der Waals surface area (Å²) in [5.41, 5.74) is 2.75. The molecule has 0 bridgehead atoms. The van der Waals surface area contributed by atoms with Gasteiger partial charge in [-0.05, 0) is 53.1 Å². The molecule has 0 aromatic carbocycles. The predicted molar refractivity (Wildman–Crippen MR) is 142 cm³/mol. The van der Waals surface area contributed by atoms with E-state index in [0.717, 1.165) is 31.5 Å². The van der Waals surface area contributed by atoms with E-state index >= 15 is 0 Å². The van der Waals surface area contributed by atoms with Crippen LogP contribution in [0.5, 0.6) is 0 Å². The zero-order chi connectivity index (χ0) is 22.9. The molecule has 2 aliphatic rings. The van der Waals surface area contributed by atoms with E-state index in [1.54, 1.807) is 0 Å². The van der Waals surface area contributed by atoms with E-state index in [4.69, 9.17) is 0 Å². The van der Waals surface area contributed by atoms with Crippen LogP contribution in [0, 0.1) is 17.3 Å². The van der Waals surface area contributed by atoms with Gasteiger partial charge in [-0.3, -0.25) is 0 Å². The predicted octanol–water partition coefficient (Wildman–Crippen LogP) is 8.60. The van der Waals surface area contributed by atoms with Crippen LogP contribution in [0.2, 0.25) is 0 Å². The summed E-state index contributed by atoms with van der Waals surface area (Å²) >= 11 is 1.89. The van der Waals surface area contributed by atoms with Crippen molar-refractivity contribution in [1.82, 2.24) is 4.90 Å². The first kappa shape index (κ1) is 25.3. The fraction of sp³-hybridized carbons (Fsp3) is 0.448. The summed E-state index contributed by atoms with van der Waals surface area (Å²) in [5, 5.41) is 0. The quantitative estimate of drug-likeness (QED) is 0.291. The molecule has 0 fully saturated rings. The molecule has 0 saturated heterocycles. The number of thioether (sulfide) groups is 1. The first-order valence-corrected chi connectivity index (χ1v) is 12.3. The van der Waals surface area contributed by atoms with Crippen LogP contribution < -0.4 is 0 Å². The molecule has 2 rings (SSSR count). The van der Waals surface area contributed by atoms with Gasteiger partial charge in [-0.1, -0.05) is 114 Å². The van der Waals surface area contributed by atoms with E-state index in [1.807, 2.05) is 11.8 Å². The lowest BCUT2D eigenvalue weighted by molar-refractivity contribution is 0.314. The molecule has 168 valence electrons. The Morgan fingerprint density at radius 3 is 2.68 bits per heavy atom. The van der Waals surface area contributed by atoms with Crippen LogP contribution in [0.1, 0.15) is 53.9 Å². The summed E-state index contributed by atoms with van der Waals surface area (Å²) in [6.45, 7) is 16.5. The SMILES string of the molecule is C=C(/C=C\C(C)C(C)(C)C)N(C)C/C1=C/C=C(/SC2=C/CC=CC(C)/C=C\2)C/C=C\C1. The Hall–Kier alpha value is -1.93. The molecule has 0 radical (unpaired) electrons. The second-order valence-electron chi connectivity index (χ2n) is 9.79. The first-order chi connectivity index (χ1) is 14.6. The maximum atomic E-state index is 4.28. The van der Waals surface area contributed by atoms with Gasteiger partial charge in [0.05, 0.1) is 0 Å². The fourth-order valence-corrected chi connectivity index (χ4v) is 4.08. The van der Waals surface area contributed by atoms with Crippen molar-refractivity contribution in [1.29, 1.82) is 0 Å². The van der Waals surface area contributed by atoms with Crippen LogP contribution in [-0.4, -0.2) is 18.5 Å². The average molecular weight is 436 g/mol. The van der Waals surface area contributed by atoms with Gasteiger partial charge < -0.3 is 4.90 Å². The minimum absolute atomic E-state index is 0.274. The van der Waals surface area contributed by atoms with Crippen LogP contribution in [0.3, 0.4) is 0 Å². The Balaban J connectivity index is 2.02. The van der Waals surface area contributed by atoms with Gasteiger partial charge in [0.2, 0.25) is 0 Å². The van der Waals surface area contributed by atoms with Crippen LogP contribution in [0.4, 0.5) is 0 Å². The van der Waals surface area contributed by atoms with Crippen molar-refractivity contribution in [2.45, 2.75) is 53.9 Å². The minimum atomic E-state index is 0.274. The van der Waals surface area contributed by atoms with E-state index < -0.39 is 0 Å². The van der Waals surface area contributed by atoms with Gasteiger partial charge in [0.25, 0.3) is 0 Å². The zero-order valence-corrected chi connectivity index (χ0v) is 21.2. The molecule has 0 aliphatic heterocycles. The highest BCUT2D eigenvalue weighted by atomic mass is 32.2. The van der Waals surface area contributed by atoms with E-state index in [2.05, 4.69) is 120 Å². The third-order valence-electron chi connectivity index (χ3n) is 5.95. The Labute approximate surface area is 195 Å². The summed E-state index contributed by atoms with van der Waals surface area (Å²) in [4.78, 5) is 4.98. The Morgan fingerprint density at radius 2 is 1.94 bits per heavy atom. The molecular formula is C29H41NS. The maximum Gasteiger partial charge on any atom is 0.0391 e. The van der Waals surface area contributed by atoms with Crippen molar-refractivity contribution in [2.75, 3.05) is 13.6 Å². The molecule has 0 spiro atoms. The molecule has 2 unspecified atom stereocenters. The molecule has 0 aromatic rings. The molecule has 0 amide bonds. The van der Waals surface area contributed by atoms with Gasteiger partial charge >= 0.3 is 0 Å². The first-order valence-electron chi connectivity index (χ1n) is 11.5. The lowest BCUT2D eigenvalue weighted by Crippen LogP contribution is -2.20. The highest BCUT2D eigenvalue weighted by Gasteiger charge is 2.17. The van der Waals surface area contributed by atoms with E-state index in [9.17, 15) is 0 Å². The second-order valence-corrected chi connectivity index (χ2v) is 11.0. The van der Waals surface area contributed by atoms with Gasteiger partial charge in [0, 0.05) is 24.2 Å². The third kappa shape index (κ3) is 9.39. The van der Waals surface area contributed by atoms with Crippen LogP contribution in [-0.2, 0) is 0 Å². The molecule has 2 heteroatoms. The standard InChI is InChI=1S/C29H41NS/c1-23-12-8-10-14-27(20-16-23)31-28-15-11-9-13-26(19-21-28)22-30(7)25(3)18-17-24(2)29(4,5)6/h8-9,11-12,14,16-21,23-24H,3,10,13,15,22H2,1-2,4-7H3/b11-9-,12-8?,18-17-,20-16-,26-19+,27-14+,28-21+. The number of allylic oxidation sites excluding steroid dienone is 12. The van der Waals surface area contributed by atoms with Crippen LogP contribution >= 0.6 is 11.8 Å². The van der Waals surface area contributed by atoms with Gasteiger partial charge in [-0.2, -0.15) is 0 Å². The van der Waals surface area contributed by atoms with Gasteiger partial charge in [-0.15, -0.1) is 0 Å². The molecule has 0 heterocycles. The molecule has 0 aromatic heterocycles. The van der Waals surface area contributed by atoms with Crippen molar-refractivity contribution < 1.29 is 0 Å². The highest BCUT2D eigenvalue weighted by Crippen LogP contribution is 2.32. The molecular weight excluding hydrogens is 394 g/mol. The zero-order valence-electron chi connectivity index (χ0n) is 20.4. The molecule has 2 aliphatic carbocycles. The number of rotatable bonds is 7. The summed E-state index contributed by atoms with van der Waals surface area (Å²) in [6, 6.07) is 0. The van der Waals surface area contributed by atoms with Gasteiger partial charge in [0.1, 0.15) is 0 Å². The molecule has 31 heavy (non-hydrogen) atoms. The maximum absolute atomic E-state index is 4.28. The van der Waals surface area contributed by atoms with Gasteiger partial charge in [-0.25, -0.2) is 0 Å². The van der Waals surface area contributed by atoms with Crippen molar-refractivity contribution in [2.24, 2.45) is 17.3 Å². The van der Waals surface area contributed by atoms with Crippen LogP contribution in [0.25, 0.3) is 0 Å². The fourth-order valence-electron chi connectivity index (χ4n) is 3.13. The minimum Gasteiger partial charge on any atom is -0.371 e. The Morgan fingerprint density at radius 1 is 1.19 bits per heavy atom. The summed E-state index contributed by atoms with van der Waals surface area (Å²) in [5.74, 6) is 1.02. The van der Waals surface area contributed by atoms with E-state index in [0.29, 0.717) is 11.8 Å². The van der Waals surface area contributed by atoms with Gasteiger partial charge in [0.15, 0.2) is 0 Å². The lowest BCUT2D eigenvalue weighted by Gasteiger charge is -2.25. The summed E-state index contributed by atoms with van der Waals surface area (Å²) in [7, 11) is 2.13.